The Balaban J connectivity index is 1.39. The van der Waals surface area contributed by atoms with Crippen LogP contribution >= 0.6 is 0 Å². The molecule has 164 valence electrons. The van der Waals surface area contributed by atoms with E-state index in [0.717, 1.165) is 19.3 Å². The van der Waals surface area contributed by atoms with Crippen molar-refractivity contribution in [3.63, 3.8) is 0 Å². The monoisotopic (exact) mass is 413 g/mol. The van der Waals surface area contributed by atoms with E-state index in [1.54, 1.807) is 13.8 Å². The van der Waals surface area contributed by atoms with Gasteiger partial charge in [0.25, 0.3) is 0 Å². The summed E-state index contributed by atoms with van der Waals surface area (Å²) in [6.07, 6.45) is 6.63. The van der Waals surface area contributed by atoms with Gasteiger partial charge in [-0.1, -0.05) is 24.3 Å². The highest BCUT2D eigenvalue weighted by atomic mass is 16.5. The van der Waals surface area contributed by atoms with Gasteiger partial charge >= 0.3 is 0 Å². The highest BCUT2D eigenvalue weighted by Crippen LogP contribution is 2.46. The van der Waals surface area contributed by atoms with E-state index in [-0.39, 0.29) is 23.8 Å². The highest BCUT2D eigenvalue weighted by Gasteiger charge is 2.42. The molecule has 2 amide bonds. The van der Waals surface area contributed by atoms with Gasteiger partial charge in [0.15, 0.2) is 0 Å². The maximum absolute atomic E-state index is 13.3. The van der Waals surface area contributed by atoms with Crippen LogP contribution in [0.25, 0.3) is 0 Å². The number of aryl methyl sites for hydroxylation is 1. The highest BCUT2D eigenvalue weighted by molar-refractivity contribution is 5.91. The van der Waals surface area contributed by atoms with Gasteiger partial charge in [0.05, 0.1) is 12.1 Å². The topological polar surface area (TPSA) is 84.7 Å². The molecular weight excluding hydrogens is 378 g/mol. The fourth-order valence-electron chi connectivity index (χ4n) is 4.82. The standard InChI is InChI=1S/C24H35N3O3/c1-23(2,25)22(29)26-20(16-30-15-17-7-8-17)21(28)27-13-11-24(12-14-27)10-9-18-5-3-4-6-19(18)24/h3-6,17,20H,7-16,25H2,1-2H3,(H,26,29)/t20-/m1/s1. The second kappa shape index (κ2) is 8.31. The summed E-state index contributed by atoms with van der Waals surface area (Å²) in [5, 5.41) is 2.84. The predicted octanol–water partition coefficient (Wildman–Crippen LogP) is 2.14. The van der Waals surface area contributed by atoms with Gasteiger partial charge < -0.3 is 20.7 Å². The third-order valence-electron chi connectivity index (χ3n) is 7.02. The summed E-state index contributed by atoms with van der Waals surface area (Å²) in [7, 11) is 0. The van der Waals surface area contributed by atoms with Crippen molar-refractivity contribution in [3.8, 4) is 0 Å². The lowest BCUT2D eigenvalue weighted by Gasteiger charge is -2.41. The van der Waals surface area contributed by atoms with Gasteiger partial charge in [0, 0.05) is 19.7 Å². The van der Waals surface area contributed by atoms with Crippen LogP contribution in [0.2, 0.25) is 0 Å². The number of benzene rings is 1. The van der Waals surface area contributed by atoms with E-state index in [0.29, 0.717) is 25.6 Å². The summed E-state index contributed by atoms with van der Waals surface area (Å²) in [4.78, 5) is 27.6. The lowest BCUT2D eigenvalue weighted by molar-refractivity contribution is -0.140. The first-order chi connectivity index (χ1) is 14.3. The second-order valence-corrected chi connectivity index (χ2v) is 9.99. The number of hydrogen-bond donors (Lipinski definition) is 2. The molecule has 3 N–H and O–H groups in total. The van der Waals surface area contributed by atoms with Crippen molar-refractivity contribution in [3.05, 3.63) is 35.4 Å². The largest absolute Gasteiger partial charge is 0.378 e. The molecule has 6 nitrogen and oxygen atoms in total. The zero-order chi connectivity index (χ0) is 21.4. The molecule has 6 heteroatoms. The van der Waals surface area contributed by atoms with E-state index in [9.17, 15) is 9.59 Å². The molecule has 0 aromatic heterocycles. The Kier molecular flexibility index (Phi) is 5.90. The predicted molar refractivity (Wildman–Crippen MR) is 116 cm³/mol. The molecular formula is C24H35N3O3. The Bertz CT molecular complexity index is 789. The van der Waals surface area contributed by atoms with E-state index < -0.39 is 11.6 Å². The number of hydrogen-bond acceptors (Lipinski definition) is 4. The van der Waals surface area contributed by atoms with Crippen molar-refractivity contribution in [2.75, 3.05) is 26.3 Å². The van der Waals surface area contributed by atoms with Crippen LogP contribution in [-0.4, -0.2) is 54.6 Å². The van der Waals surface area contributed by atoms with E-state index >= 15 is 0 Å². The summed E-state index contributed by atoms with van der Waals surface area (Å²) in [5.41, 5.74) is 8.04. The number of carbonyl (C=O) groups excluding carboxylic acids is 2. The molecule has 1 aliphatic heterocycles. The third-order valence-corrected chi connectivity index (χ3v) is 7.02. The van der Waals surface area contributed by atoms with Crippen LogP contribution in [0.1, 0.15) is 57.1 Å². The smallest absolute Gasteiger partial charge is 0.247 e. The average molecular weight is 414 g/mol. The quantitative estimate of drug-likeness (QED) is 0.717. The molecule has 0 bridgehead atoms. The van der Waals surface area contributed by atoms with Crippen LogP contribution in [0.4, 0.5) is 0 Å². The number of ether oxygens (including phenoxy) is 1. The minimum Gasteiger partial charge on any atom is -0.378 e. The second-order valence-electron chi connectivity index (χ2n) is 9.99. The molecule has 1 aromatic rings. The molecule has 2 fully saturated rings. The molecule has 0 unspecified atom stereocenters. The molecule has 1 spiro atoms. The Morgan fingerprint density at radius 3 is 2.60 bits per heavy atom. The number of likely N-dealkylation sites (tertiary alicyclic amines) is 1. The summed E-state index contributed by atoms with van der Waals surface area (Å²) < 4.78 is 5.78. The molecule has 0 radical (unpaired) electrons. The van der Waals surface area contributed by atoms with Gasteiger partial charge in [-0.15, -0.1) is 0 Å². The van der Waals surface area contributed by atoms with Gasteiger partial charge in [0.2, 0.25) is 11.8 Å². The molecule has 1 saturated heterocycles. The van der Waals surface area contributed by atoms with E-state index in [1.807, 2.05) is 4.90 Å². The molecule has 1 heterocycles. The summed E-state index contributed by atoms with van der Waals surface area (Å²) in [6, 6.07) is 8.06. The zero-order valence-corrected chi connectivity index (χ0v) is 18.3. The molecule has 1 aromatic carbocycles. The number of piperidine rings is 1. The fourth-order valence-corrected chi connectivity index (χ4v) is 4.82. The molecule has 1 atom stereocenters. The van der Waals surface area contributed by atoms with E-state index in [1.165, 1.54) is 30.4 Å². The lowest BCUT2D eigenvalue weighted by Crippen LogP contribution is -2.59. The van der Waals surface area contributed by atoms with Crippen molar-refractivity contribution >= 4 is 11.8 Å². The van der Waals surface area contributed by atoms with Crippen LogP contribution in [0.15, 0.2) is 24.3 Å². The summed E-state index contributed by atoms with van der Waals surface area (Å²) in [5.74, 6) is 0.235. The van der Waals surface area contributed by atoms with Crippen molar-refractivity contribution in [1.82, 2.24) is 10.2 Å². The van der Waals surface area contributed by atoms with Crippen molar-refractivity contribution < 1.29 is 14.3 Å². The molecule has 2 aliphatic carbocycles. The minimum absolute atomic E-state index is 0.0514. The number of rotatable bonds is 7. The zero-order valence-electron chi connectivity index (χ0n) is 18.3. The van der Waals surface area contributed by atoms with Gasteiger partial charge in [-0.05, 0) is 74.8 Å². The van der Waals surface area contributed by atoms with Gasteiger partial charge in [-0.2, -0.15) is 0 Å². The molecule has 3 aliphatic rings. The number of nitrogens with two attached hydrogens (primary N) is 1. The number of nitrogens with one attached hydrogen (secondary N) is 1. The van der Waals surface area contributed by atoms with Gasteiger partial charge in [-0.3, -0.25) is 9.59 Å². The van der Waals surface area contributed by atoms with Crippen LogP contribution in [0.5, 0.6) is 0 Å². The number of fused-ring (bicyclic) bond motifs is 2. The molecule has 30 heavy (non-hydrogen) atoms. The van der Waals surface area contributed by atoms with Crippen molar-refractivity contribution in [2.24, 2.45) is 11.7 Å². The van der Waals surface area contributed by atoms with Crippen LogP contribution in [0, 0.1) is 5.92 Å². The summed E-state index contributed by atoms with van der Waals surface area (Å²) in [6.45, 7) is 5.60. The number of carbonyl (C=O) groups is 2. The average Bonchev–Trinajstić information content (AvgIpc) is 3.49. The first kappa shape index (κ1) is 21.3. The lowest BCUT2D eigenvalue weighted by atomic mass is 9.74. The van der Waals surface area contributed by atoms with Gasteiger partial charge in [-0.25, -0.2) is 0 Å². The Morgan fingerprint density at radius 1 is 1.23 bits per heavy atom. The number of nitrogens with zero attached hydrogens (tertiary/aromatic N) is 1. The molecule has 1 saturated carbocycles. The van der Waals surface area contributed by atoms with Crippen molar-refractivity contribution in [2.45, 2.75) is 69.4 Å². The molecule has 4 rings (SSSR count). The Hall–Kier alpha value is -1.92. The number of amides is 2. The van der Waals surface area contributed by atoms with Gasteiger partial charge in [0.1, 0.15) is 6.04 Å². The first-order valence-corrected chi connectivity index (χ1v) is 11.3. The van der Waals surface area contributed by atoms with Crippen molar-refractivity contribution in [1.29, 1.82) is 0 Å². The van der Waals surface area contributed by atoms with Crippen LogP contribution in [0.3, 0.4) is 0 Å². The Labute approximate surface area is 179 Å². The first-order valence-electron chi connectivity index (χ1n) is 11.3. The third kappa shape index (κ3) is 4.54. The van der Waals surface area contributed by atoms with E-state index in [4.69, 9.17) is 10.5 Å². The van der Waals surface area contributed by atoms with Crippen LogP contribution in [-0.2, 0) is 26.2 Å². The van der Waals surface area contributed by atoms with Crippen LogP contribution < -0.4 is 11.1 Å². The Morgan fingerprint density at radius 2 is 1.93 bits per heavy atom. The summed E-state index contributed by atoms with van der Waals surface area (Å²) >= 11 is 0. The SMILES string of the molecule is CC(C)(N)C(=O)N[C@H](COCC1CC1)C(=O)N1CCC2(CCc3ccccc32)CC1. The minimum atomic E-state index is -1.03. The maximum atomic E-state index is 13.3. The fraction of sp³-hybridized carbons (Fsp3) is 0.667. The normalized spacial score (nSPS) is 21.4. The maximum Gasteiger partial charge on any atom is 0.247 e. The van der Waals surface area contributed by atoms with E-state index in [2.05, 4.69) is 29.6 Å².